The Morgan fingerprint density at radius 1 is 1.22 bits per heavy atom. The Balaban J connectivity index is 2.29. The largest absolute Gasteiger partial charge is 0.496 e. The molecule has 18 heavy (non-hydrogen) atoms. The Morgan fingerprint density at radius 3 is 2.61 bits per heavy atom. The monoisotopic (exact) mass is 246 g/mol. The van der Waals surface area contributed by atoms with E-state index in [0.29, 0.717) is 11.7 Å². The van der Waals surface area contributed by atoms with Crippen LogP contribution < -0.4 is 4.74 Å². The van der Waals surface area contributed by atoms with E-state index in [2.05, 4.69) is 30.9 Å². The Bertz CT molecular complexity index is 527. The average molecular weight is 246 g/mol. The highest BCUT2D eigenvalue weighted by Crippen LogP contribution is 2.28. The number of nitrogens with zero attached hydrogens (tertiary/aromatic N) is 2. The maximum atomic E-state index is 5.29. The van der Waals surface area contributed by atoms with Crippen LogP contribution in [-0.2, 0) is 6.42 Å². The minimum absolute atomic E-state index is 0.130. The molecular formula is C14H18N2O2. The summed E-state index contributed by atoms with van der Waals surface area (Å²) in [6, 6.07) is 7.65. The predicted octanol–water partition coefficient (Wildman–Crippen LogP) is 3.33. The molecule has 0 saturated carbocycles. The Hall–Kier alpha value is -1.84. The van der Waals surface area contributed by atoms with Crippen molar-refractivity contribution in [2.75, 3.05) is 7.11 Å². The molecule has 0 aliphatic carbocycles. The Kier molecular flexibility index (Phi) is 3.36. The highest BCUT2D eigenvalue weighted by atomic mass is 16.5. The van der Waals surface area contributed by atoms with Crippen molar-refractivity contribution in [3.05, 3.63) is 30.2 Å². The van der Waals surface area contributed by atoms with Crippen LogP contribution in [0.25, 0.3) is 11.4 Å². The number of para-hydroxylation sites is 1. The molecule has 0 saturated heterocycles. The second-order valence-electron chi connectivity index (χ2n) is 5.45. The van der Waals surface area contributed by atoms with Crippen molar-refractivity contribution in [3.8, 4) is 17.1 Å². The summed E-state index contributed by atoms with van der Waals surface area (Å²) in [6.07, 6.45) is 0.759. The van der Waals surface area contributed by atoms with Gasteiger partial charge in [-0.15, -0.1) is 0 Å². The molecule has 4 heteroatoms. The molecule has 1 aromatic carbocycles. The van der Waals surface area contributed by atoms with E-state index in [0.717, 1.165) is 17.7 Å². The zero-order valence-electron chi connectivity index (χ0n) is 11.2. The quantitative estimate of drug-likeness (QED) is 0.833. The third-order valence-corrected chi connectivity index (χ3v) is 2.50. The van der Waals surface area contributed by atoms with Gasteiger partial charge in [-0.25, -0.2) is 0 Å². The molecule has 2 rings (SSSR count). The molecule has 0 N–H and O–H groups in total. The molecule has 0 spiro atoms. The van der Waals surface area contributed by atoms with Crippen molar-refractivity contribution in [1.82, 2.24) is 10.1 Å². The summed E-state index contributed by atoms with van der Waals surface area (Å²) in [5.74, 6) is 1.98. The molecule has 0 radical (unpaired) electrons. The smallest absolute Gasteiger partial charge is 0.227 e. The third-order valence-electron chi connectivity index (χ3n) is 2.50. The Labute approximate surface area is 107 Å². The molecule has 0 aliphatic heterocycles. The van der Waals surface area contributed by atoms with E-state index in [9.17, 15) is 0 Å². The lowest BCUT2D eigenvalue weighted by molar-refractivity contribution is 0.314. The molecule has 4 nitrogen and oxygen atoms in total. The van der Waals surface area contributed by atoms with Crippen LogP contribution in [0.2, 0.25) is 0 Å². The van der Waals surface area contributed by atoms with Gasteiger partial charge in [0.15, 0.2) is 0 Å². The molecule has 0 amide bonds. The van der Waals surface area contributed by atoms with Gasteiger partial charge in [0.05, 0.1) is 12.7 Å². The zero-order valence-corrected chi connectivity index (χ0v) is 11.2. The van der Waals surface area contributed by atoms with Crippen molar-refractivity contribution in [2.45, 2.75) is 27.2 Å². The number of aromatic nitrogens is 2. The number of benzene rings is 1. The van der Waals surface area contributed by atoms with Crippen LogP contribution >= 0.6 is 0 Å². The number of hydrogen-bond acceptors (Lipinski definition) is 4. The lowest BCUT2D eigenvalue weighted by Crippen LogP contribution is -2.09. The second kappa shape index (κ2) is 4.80. The summed E-state index contributed by atoms with van der Waals surface area (Å²) in [5, 5.41) is 4.01. The van der Waals surface area contributed by atoms with Crippen LogP contribution in [0, 0.1) is 5.41 Å². The molecule has 96 valence electrons. The first-order valence-electron chi connectivity index (χ1n) is 5.95. The fourth-order valence-corrected chi connectivity index (χ4v) is 1.72. The minimum Gasteiger partial charge on any atom is -0.496 e. The van der Waals surface area contributed by atoms with Crippen molar-refractivity contribution in [2.24, 2.45) is 5.41 Å². The van der Waals surface area contributed by atoms with Crippen molar-refractivity contribution in [1.29, 1.82) is 0 Å². The van der Waals surface area contributed by atoms with Gasteiger partial charge in [-0.1, -0.05) is 38.1 Å². The number of methoxy groups -OCH3 is 1. The molecular weight excluding hydrogens is 228 g/mol. The van der Waals surface area contributed by atoms with Gasteiger partial charge in [0.2, 0.25) is 11.7 Å². The van der Waals surface area contributed by atoms with E-state index < -0.39 is 0 Å². The highest BCUT2D eigenvalue weighted by molar-refractivity contribution is 5.63. The average Bonchev–Trinajstić information content (AvgIpc) is 2.75. The summed E-state index contributed by atoms with van der Waals surface area (Å²) in [7, 11) is 1.63. The first-order chi connectivity index (χ1) is 8.49. The third kappa shape index (κ3) is 2.88. The van der Waals surface area contributed by atoms with Gasteiger partial charge in [0.1, 0.15) is 5.75 Å². The van der Waals surface area contributed by atoms with E-state index in [1.54, 1.807) is 7.11 Å². The predicted molar refractivity (Wildman–Crippen MR) is 69.4 cm³/mol. The van der Waals surface area contributed by atoms with Gasteiger partial charge < -0.3 is 9.26 Å². The SMILES string of the molecule is COc1ccccc1-c1noc(CC(C)(C)C)n1. The van der Waals surface area contributed by atoms with Gasteiger partial charge in [-0.2, -0.15) is 4.98 Å². The molecule has 2 aromatic rings. The lowest BCUT2D eigenvalue weighted by Gasteiger charge is -2.13. The van der Waals surface area contributed by atoms with Crippen molar-refractivity contribution < 1.29 is 9.26 Å². The highest BCUT2D eigenvalue weighted by Gasteiger charge is 2.18. The lowest BCUT2D eigenvalue weighted by atomic mass is 9.92. The van der Waals surface area contributed by atoms with Crippen LogP contribution in [0.4, 0.5) is 0 Å². The first-order valence-corrected chi connectivity index (χ1v) is 5.95. The molecule has 1 aromatic heterocycles. The summed E-state index contributed by atoms with van der Waals surface area (Å²) < 4.78 is 10.6. The van der Waals surface area contributed by atoms with Gasteiger partial charge in [-0.05, 0) is 17.5 Å². The molecule has 0 fully saturated rings. The number of rotatable bonds is 3. The summed E-state index contributed by atoms with van der Waals surface area (Å²) in [6.45, 7) is 6.42. The van der Waals surface area contributed by atoms with Crippen molar-refractivity contribution >= 4 is 0 Å². The van der Waals surface area contributed by atoms with E-state index in [-0.39, 0.29) is 5.41 Å². The van der Waals surface area contributed by atoms with Gasteiger partial charge in [0.25, 0.3) is 0 Å². The maximum Gasteiger partial charge on any atom is 0.227 e. The second-order valence-corrected chi connectivity index (χ2v) is 5.45. The van der Waals surface area contributed by atoms with Crippen molar-refractivity contribution in [3.63, 3.8) is 0 Å². The molecule has 0 atom stereocenters. The molecule has 1 heterocycles. The topological polar surface area (TPSA) is 48.2 Å². The van der Waals surface area contributed by atoms with E-state index >= 15 is 0 Å². The maximum absolute atomic E-state index is 5.29. The summed E-state index contributed by atoms with van der Waals surface area (Å²) in [5.41, 5.74) is 0.980. The fraction of sp³-hybridized carbons (Fsp3) is 0.429. The van der Waals surface area contributed by atoms with E-state index in [4.69, 9.17) is 9.26 Å². The summed E-state index contributed by atoms with van der Waals surface area (Å²) in [4.78, 5) is 4.42. The molecule has 0 bridgehead atoms. The van der Waals surface area contributed by atoms with E-state index in [1.807, 2.05) is 24.3 Å². The molecule has 0 unspecified atom stereocenters. The normalized spacial score (nSPS) is 11.6. The van der Waals surface area contributed by atoms with Crippen LogP contribution in [-0.4, -0.2) is 17.3 Å². The first kappa shape index (κ1) is 12.6. The van der Waals surface area contributed by atoms with Crippen LogP contribution in [0.15, 0.2) is 28.8 Å². The van der Waals surface area contributed by atoms with E-state index in [1.165, 1.54) is 0 Å². The number of hydrogen-bond donors (Lipinski definition) is 0. The van der Waals surface area contributed by atoms with Crippen LogP contribution in [0.1, 0.15) is 26.7 Å². The summed E-state index contributed by atoms with van der Waals surface area (Å²) >= 11 is 0. The van der Waals surface area contributed by atoms with Gasteiger partial charge in [0, 0.05) is 6.42 Å². The Morgan fingerprint density at radius 2 is 1.94 bits per heavy atom. The zero-order chi connectivity index (χ0) is 13.2. The molecule has 0 aliphatic rings. The van der Waals surface area contributed by atoms with Crippen LogP contribution in [0.5, 0.6) is 5.75 Å². The number of ether oxygens (including phenoxy) is 1. The standard InChI is InChI=1S/C14H18N2O2/c1-14(2,3)9-12-15-13(16-18-12)10-7-5-6-8-11(10)17-4/h5-8H,9H2,1-4H3. The van der Waals surface area contributed by atoms with Gasteiger partial charge in [-0.3, -0.25) is 0 Å². The van der Waals surface area contributed by atoms with Crippen LogP contribution in [0.3, 0.4) is 0 Å². The minimum atomic E-state index is 0.130. The van der Waals surface area contributed by atoms with Gasteiger partial charge >= 0.3 is 0 Å². The fourth-order valence-electron chi connectivity index (χ4n) is 1.72.